The lowest BCUT2D eigenvalue weighted by Gasteiger charge is -2.09. The Morgan fingerprint density at radius 2 is 2.03 bits per heavy atom. The van der Waals surface area contributed by atoms with Crippen molar-refractivity contribution in [2.24, 2.45) is 0 Å². The number of nitrogens with zero attached hydrogens (tertiary/aromatic N) is 2. The number of fused-ring (bicyclic) bond motifs is 3. The molecule has 1 aliphatic carbocycles. The van der Waals surface area contributed by atoms with Crippen LogP contribution in [0.5, 0.6) is 0 Å². The first kappa shape index (κ1) is 21.9. The van der Waals surface area contributed by atoms with Gasteiger partial charge in [-0.1, -0.05) is 12.1 Å². The lowest BCUT2D eigenvalue weighted by molar-refractivity contribution is 0.0526. The van der Waals surface area contributed by atoms with Gasteiger partial charge >= 0.3 is 5.97 Å². The van der Waals surface area contributed by atoms with Crippen LogP contribution in [0, 0.1) is 11.3 Å². The molecule has 1 aromatic carbocycles. The van der Waals surface area contributed by atoms with Gasteiger partial charge < -0.3 is 14.1 Å². The molecule has 3 heterocycles. The third-order valence-corrected chi connectivity index (χ3v) is 6.98. The summed E-state index contributed by atoms with van der Waals surface area (Å²) in [7, 11) is 0. The van der Waals surface area contributed by atoms with Crippen LogP contribution in [0.25, 0.3) is 33.2 Å². The molecule has 0 bridgehead atoms. The van der Waals surface area contributed by atoms with Crippen molar-refractivity contribution in [3.8, 4) is 17.4 Å². The lowest BCUT2D eigenvalue weighted by atomic mass is 9.97. The number of H-pyrrole nitrogens is 1. The summed E-state index contributed by atoms with van der Waals surface area (Å²) in [6.07, 6.45) is 5.64. The highest BCUT2D eigenvalue weighted by molar-refractivity contribution is 7.18. The number of hydrogen-bond donors (Lipinski definition) is 1. The summed E-state index contributed by atoms with van der Waals surface area (Å²) in [4.78, 5) is 34.0. The number of aryl methyl sites for hydroxylation is 2. The maximum atomic E-state index is 12.8. The van der Waals surface area contributed by atoms with Crippen LogP contribution in [0.3, 0.4) is 0 Å². The number of carbonyl (C=O) groups is 1. The fourth-order valence-corrected chi connectivity index (χ4v) is 5.42. The van der Waals surface area contributed by atoms with Crippen LogP contribution in [-0.4, -0.2) is 22.5 Å². The Morgan fingerprint density at radius 3 is 2.79 bits per heavy atom. The van der Waals surface area contributed by atoms with E-state index in [0.717, 1.165) is 36.8 Å². The topological polar surface area (TPSA) is 109 Å². The van der Waals surface area contributed by atoms with Crippen molar-refractivity contribution in [1.29, 1.82) is 5.26 Å². The molecular formula is C26H21N3O4S. The Kier molecular flexibility index (Phi) is 5.86. The van der Waals surface area contributed by atoms with Crippen molar-refractivity contribution in [1.82, 2.24) is 9.97 Å². The Morgan fingerprint density at radius 1 is 1.24 bits per heavy atom. The number of furan rings is 1. The summed E-state index contributed by atoms with van der Waals surface area (Å²) in [5.74, 6) is 0.896. The molecule has 0 fully saturated rings. The van der Waals surface area contributed by atoms with Crippen LogP contribution >= 0.6 is 11.3 Å². The SMILES string of the molecule is CCOC(=O)c1ccc(-c2ccc(C=C(C#N)c3nc4sc5c(c4c(=O)[nH]3)CCCC5)o2)cc1. The minimum atomic E-state index is -0.374. The summed E-state index contributed by atoms with van der Waals surface area (Å²) >= 11 is 1.55. The zero-order valence-electron chi connectivity index (χ0n) is 18.5. The quantitative estimate of drug-likeness (QED) is 0.310. The molecule has 0 saturated heterocycles. The first-order chi connectivity index (χ1) is 16.6. The monoisotopic (exact) mass is 471 g/mol. The second-order valence-corrected chi connectivity index (χ2v) is 9.06. The molecule has 1 aliphatic rings. The first-order valence-corrected chi connectivity index (χ1v) is 11.9. The lowest BCUT2D eigenvalue weighted by Crippen LogP contribution is -2.12. The molecule has 0 spiro atoms. The first-order valence-electron chi connectivity index (χ1n) is 11.1. The van der Waals surface area contributed by atoms with Crippen molar-refractivity contribution in [3.05, 3.63) is 74.3 Å². The largest absolute Gasteiger partial charge is 0.462 e. The maximum Gasteiger partial charge on any atom is 0.338 e. The predicted octanol–water partition coefficient (Wildman–Crippen LogP) is 5.36. The van der Waals surface area contributed by atoms with Crippen LogP contribution in [0.2, 0.25) is 0 Å². The fraction of sp³-hybridized carbons (Fsp3) is 0.231. The Labute approximate surface area is 199 Å². The number of rotatable bonds is 5. The number of aromatic amines is 1. The van der Waals surface area contributed by atoms with Crippen molar-refractivity contribution >= 4 is 39.2 Å². The van der Waals surface area contributed by atoms with Crippen LogP contribution in [0.1, 0.15) is 52.1 Å². The standard InChI is InChI=1S/C26H21N3O4S/c1-2-32-26(31)16-9-7-15(8-10-16)20-12-11-18(33-20)13-17(14-27)23-28-24(30)22-19-5-3-4-6-21(19)34-25(22)29-23/h7-13H,2-6H2,1H3,(H,28,29,30). The highest BCUT2D eigenvalue weighted by atomic mass is 32.1. The van der Waals surface area contributed by atoms with Gasteiger partial charge in [0.2, 0.25) is 0 Å². The number of aromatic nitrogens is 2. The molecule has 0 saturated carbocycles. The second kappa shape index (κ2) is 9.12. The normalized spacial score (nSPS) is 13.5. The molecular weight excluding hydrogens is 450 g/mol. The Hall–Kier alpha value is -3.96. The number of benzene rings is 1. The van der Waals surface area contributed by atoms with Crippen molar-refractivity contribution in [3.63, 3.8) is 0 Å². The minimum absolute atomic E-state index is 0.206. The van der Waals surface area contributed by atoms with Crippen LogP contribution in [0.15, 0.2) is 45.6 Å². The molecule has 4 aromatic rings. The third kappa shape index (κ3) is 4.06. The zero-order valence-corrected chi connectivity index (χ0v) is 19.3. The highest BCUT2D eigenvalue weighted by Crippen LogP contribution is 2.34. The van der Waals surface area contributed by atoms with Gasteiger partial charge in [-0.15, -0.1) is 11.3 Å². The van der Waals surface area contributed by atoms with Gasteiger partial charge in [0, 0.05) is 16.5 Å². The van der Waals surface area contributed by atoms with Crippen molar-refractivity contribution in [2.45, 2.75) is 32.6 Å². The third-order valence-electron chi connectivity index (χ3n) is 5.79. The van der Waals surface area contributed by atoms with Gasteiger partial charge in [-0.2, -0.15) is 5.26 Å². The smallest absolute Gasteiger partial charge is 0.338 e. The molecule has 0 amide bonds. The van der Waals surface area contributed by atoms with Crippen LogP contribution < -0.4 is 5.56 Å². The molecule has 1 N–H and O–H groups in total. The van der Waals surface area contributed by atoms with E-state index >= 15 is 0 Å². The van der Waals surface area contributed by atoms with E-state index in [9.17, 15) is 14.9 Å². The molecule has 170 valence electrons. The van der Waals surface area contributed by atoms with E-state index in [1.54, 1.807) is 60.7 Å². The molecule has 5 rings (SSSR count). The Balaban J connectivity index is 1.44. The molecule has 0 radical (unpaired) electrons. The number of allylic oxidation sites excluding steroid dienone is 1. The average molecular weight is 472 g/mol. The summed E-state index contributed by atoms with van der Waals surface area (Å²) < 4.78 is 10.9. The van der Waals surface area contributed by atoms with E-state index in [-0.39, 0.29) is 22.9 Å². The average Bonchev–Trinajstić information content (AvgIpc) is 3.47. The van der Waals surface area contributed by atoms with Crippen LogP contribution in [-0.2, 0) is 17.6 Å². The zero-order chi connectivity index (χ0) is 23.7. The van der Waals surface area contributed by atoms with Gasteiger partial charge in [0.1, 0.15) is 22.4 Å². The van der Waals surface area contributed by atoms with Gasteiger partial charge in [0.15, 0.2) is 5.82 Å². The molecule has 0 unspecified atom stereocenters. The second-order valence-electron chi connectivity index (χ2n) is 7.98. The molecule has 8 heteroatoms. The molecule has 0 aliphatic heterocycles. The number of thiophene rings is 1. The molecule has 34 heavy (non-hydrogen) atoms. The minimum Gasteiger partial charge on any atom is -0.462 e. The Bertz CT molecular complexity index is 1520. The van der Waals surface area contributed by atoms with Crippen LogP contribution in [0.4, 0.5) is 0 Å². The summed E-state index contributed by atoms with van der Waals surface area (Å²) in [5.41, 5.74) is 2.36. The summed E-state index contributed by atoms with van der Waals surface area (Å²) in [5, 5.41) is 10.4. The number of esters is 1. The van der Waals surface area contributed by atoms with Gasteiger partial charge in [-0.05, 0) is 62.4 Å². The summed E-state index contributed by atoms with van der Waals surface area (Å²) in [6.45, 7) is 2.08. The maximum absolute atomic E-state index is 12.8. The van der Waals surface area contributed by atoms with Gasteiger partial charge in [-0.3, -0.25) is 4.79 Å². The number of nitriles is 1. The number of hydrogen-bond acceptors (Lipinski definition) is 7. The van der Waals surface area contributed by atoms with Gasteiger partial charge in [-0.25, -0.2) is 9.78 Å². The van der Waals surface area contributed by atoms with E-state index in [1.807, 2.05) is 0 Å². The van der Waals surface area contributed by atoms with Crippen molar-refractivity contribution in [2.75, 3.05) is 6.61 Å². The molecule has 7 nitrogen and oxygen atoms in total. The van der Waals surface area contributed by atoms with E-state index in [4.69, 9.17) is 9.15 Å². The fourth-order valence-electron chi connectivity index (χ4n) is 4.16. The van der Waals surface area contributed by atoms with E-state index < -0.39 is 0 Å². The molecule has 0 atom stereocenters. The number of nitrogens with one attached hydrogen (secondary N) is 1. The number of ether oxygens (including phenoxy) is 1. The highest BCUT2D eigenvalue weighted by Gasteiger charge is 2.20. The van der Waals surface area contributed by atoms with Gasteiger partial charge in [0.05, 0.1) is 23.1 Å². The predicted molar refractivity (Wildman–Crippen MR) is 130 cm³/mol. The van der Waals surface area contributed by atoms with Gasteiger partial charge in [0.25, 0.3) is 5.56 Å². The number of carbonyl (C=O) groups excluding carboxylic acids is 1. The van der Waals surface area contributed by atoms with E-state index in [1.165, 1.54) is 4.88 Å². The molecule has 3 aromatic heterocycles. The van der Waals surface area contributed by atoms with E-state index in [2.05, 4.69) is 16.0 Å². The van der Waals surface area contributed by atoms with Crippen molar-refractivity contribution < 1.29 is 13.9 Å². The van der Waals surface area contributed by atoms with E-state index in [0.29, 0.717) is 33.9 Å². The summed E-state index contributed by atoms with van der Waals surface area (Å²) in [6, 6.07) is 12.6.